The Kier molecular flexibility index (Phi) is 21.4. The maximum absolute atomic E-state index is 12.0. The van der Waals surface area contributed by atoms with Crippen molar-refractivity contribution in [2.75, 3.05) is 84.6 Å². The summed E-state index contributed by atoms with van der Waals surface area (Å²) in [5, 5.41) is 84.4. The highest BCUT2D eigenvalue weighted by Gasteiger charge is 2.62. The second kappa shape index (κ2) is 27.9. The van der Waals surface area contributed by atoms with Gasteiger partial charge in [-0.25, -0.2) is 39.9 Å². The van der Waals surface area contributed by atoms with Crippen molar-refractivity contribution in [3.05, 3.63) is 90.0 Å². The summed E-state index contributed by atoms with van der Waals surface area (Å²) in [6.07, 6.45) is 17.1. The Balaban J connectivity index is 0.000000144. The number of rotatable bonds is 16. The van der Waals surface area contributed by atoms with Gasteiger partial charge in [-0.1, -0.05) is 0 Å². The van der Waals surface area contributed by atoms with Crippen LogP contribution in [0, 0.1) is 27.7 Å². The van der Waals surface area contributed by atoms with Crippen LogP contribution in [0.5, 0.6) is 0 Å². The number of fused-ring (bicyclic) bond motifs is 6. The van der Waals surface area contributed by atoms with E-state index in [0.29, 0.717) is 72.5 Å². The van der Waals surface area contributed by atoms with Crippen molar-refractivity contribution in [2.45, 2.75) is 164 Å². The molecule has 37 heteroatoms. The molecule has 33 nitrogen and oxygen atoms in total. The molecular formula is C63H96N16O17P4. The molecule has 0 amide bonds. The SMILES string of the molecule is C=P(C)(C)CC[C@@]1(C)O[C@@H](n2cnc3c(=O)[nH]c(C)nc32)[C@H](O)[C@@H]1O.C=P(C)(C)CC[C@@]12CO[C@@H]([C@H](n3cnc4c(=O)[nH]c(C)nc43)O1)[C@@H]2O.C=P(C)(C)CC[C@H]1O[C@@H](n2cnc3c(=O)[nH]c(C)nc32)C(O)(O)[C@@H]1O.C=P(C)(C)CC[C@H]1O[C@@H](n2cnc3c(=O)[nH]c(C)nc32)[C@](C)(O)[C@@H]1O. The lowest BCUT2D eigenvalue weighted by atomic mass is 9.95. The summed E-state index contributed by atoms with van der Waals surface area (Å²) < 4.78 is 35.9. The Morgan fingerprint density at radius 1 is 0.490 bits per heavy atom. The molecule has 5 saturated heterocycles. The number of nitrogens with zero attached hydrogens (tertiary/aromatic N) is 12. The first-order valence-electron chi connectivity index (χ1n) is 32.5. The number of hydrogen-bond donors (Lipinski definition) is 12. The van der Waals surface area contributed by atoms with Gasteiger partial charge in [0.1, 0.15) is 71.1 Å². The minimum atomic E-state index is -2.53. The molecule has 100 heavy (non-hydrogen) atoms. The van der Waals surface area contributed by atoms with Gasteiger partial charge in [0.05, 0.1) is 49.7 Å². The van der Waals surface area contributed by atoms with E-state index >= 15 is 0 Å². The molecule has 5 aliphatic heterocycles. The largest absolute Gasteiger partial charge is 0.387 e. The van der Waals surface area contributed by atoms with Crippen LogP contribution < -0.4 is 22.2 Å². The van der Waals surface area contributed by atoms with E-state index in [1.54, 1.807) is 39.2 Å². The van der Waals surface area contributed by atoms with Crippen LogP contribution in [0.1, 0.15) is 87.7 Å². The summed E-state index contributed by atoms with van der Waals surface area (Å²) >= 11 is 0. The van der Waals surface area contributed by atoms with Crippen LogP contribution in [0.15, 0.2) is 44.5 Å². The Hall–Kier alpha value is -5.92. The van der Waals surface area contributed by atoms with Gasteiger partial charge in [-0.05, 0) is 145 Å². The number of H-pyrrole nitrogens is 4. The first-order chi connectivity index (χ1) is 46.2. The van der Waals surface area contributed by atoms with Crippen LogP contribution in [-0.4, -0.2) is 300 Å². The minimum Gasteiger partial charge on any atom is -0.387 e. The molecule has 0 radical (unpaired) electrons. The number of hydrogen-bond acceptors (Lipinski definition) is 25. The molecule has 5 fully saturated rings. The lowest BCUT2D eigenvalue weighted by Crippen LogP contribution is -2.46. The number of aryl methyl sites for hydroxylation is 4. The van der Waals surface area contributed by atoms with Crippen LogP contribution in [-0.2, 0) is 23.7 Å². The number of aromatic amines is 4. The van der Waals surface area contributed by atoms with Gasteiger partial charge in [0, 0.05) is 0 Å². The molecule has 0 spiro atoms. The van der Waals surface area contributed by atoms with E-state index in [9.17, 15) is 60.0 Å². The summed E-state index contributed by atoms with van der Waals surface area (Å²) in [7, 11) is 0. The van der Waals surface area contributed by atoms with E-state index in [1.807, 2.05) is 0 Å². The van der Waals surface area contributed by atoms with Crippen LogP contribution >= 0.6 is 27.5 Å². The normalized spacial score (nSPS) is 29.7. The number of nitrogens with one attached hydrogen (secondary N) is 4. The topological polar surface area (TPSA) is 462 Å². The summed E-state index contributed by atoms with van der Waals surface area (Å²) in [6.45, 7) is 22.1. The fourth-order valence-electron chi connectivity index (χ4n) is 12.8. The monoisotopic (exact) mass is 1470 g/mol. The van der Waals surface area contributed by atoms with Gasteiger partial charge < -0.3 is 84.5 Å². The molecule has 0 aromatic carbocycles. The molecule has 0 saturated carbocycles. The van der Waals surface area contributed by atoms with Gasteiger partial charge in [-0.15, -0.1) is 52.7 Å². The molecule has 12 N–H and O–H groups in total. The summed E-state index contributed by atoms with van der Waals surface area (Å²) in [5.74, 6) is -0.780. The third-order valence-corrected chi connectivity index (χ3v) is 24.3. The molecule has 13 rings (SSSR count). The van der Waals surface area contributed by atoms with Crippen LogP contribution in [0.4, 0.5) is 0 Å². The van der Waals surface area contributed by atoms with Crippen molar-refractivity contribution >= 4 is 97.4 Å². The predicted octanol–water partition coefficient (Wildman–Crippen LogP) is 1.09. The zero-order valence-electron chi connectivity index (χ0n) is 58.8. The summed E-state index contributed by atoms with van der Waals surface area (Å²) in [4.78, 5) is 91.8. The maximum atomic E-state index is 12.0. The molecule has 15 atom stereocenters. The van der Waals surface area contributed by atoms with E-state index in [1.165, 1.54) is 45.9 Å². The van der Waals surface area contributed by atoms with Crippen molar-refractivity contribution in [3.8, 4) is 0 Å². The molecular weight excluding hydrogens is 1380 g/mol. The lowest BCUT2D eigenvalue weighted by Gasteiger charge is -2.32. The lowest BCUT2D eigenvalue weighted by molar-refractivity contribution is -0.247. The Morgan fingerprint density at radius 2 is 0.850 bits per heavy atom. The predicted molar refractivity (Wildman–Crippen MR) is 390 cm³/mol. The molecule has 8 aromatic rings. The fourth-order valence-corrected chi connectivity index (χ4v) is 16.7. The van der Waals surface area contributed by atoms with Crippen LogP contribution in [0.25, 0.3) is 44.7 Å². The van der Waals surface area contributed by atoms with Crippen molar-refractivity contribution in [1.82, 2.24) is 78.1 Å². The van der Waals surface area contributed by atoms with Crippen molar-refractivity contribution in [1.29, 1.82) is 0 Å². The number of imidazole rings is 4. The smallest absolute Gasteiger partial charge is 0.279 e. The van der Waals surface area contributed by atoms with Gasteiger partial charge in [0.2, 0.25) is 5.79 Å². The van der Waals surface area contributed by atoms with E-state index in [2.05, 4.69) is 138 Å². The van der Waals surface area contributed by atoms with Crippen molar-refractivity contribution in [3.63, 3.8) is 0 Å². The maximum Gasteiger partial charge on any atom is 0.279 e. The number of ether oxygens (including phenoxy) is 5. The van der Waals surface area contributed by atoms with E-state index < -0.39 is 129 Å². The first-order valence-corrected chi connectivity index (χ1v) is 44.7. The third kappa shape index (κ3) is 15.8. The zero-order valence-corrected chi connectivity index (χ0v) is 62.4. The van der Waals surface area contributed by atoms with E-state index in [-0.39, 0.29) is 44.4 Å². The first kappa shape index (κ1) is 76.7. The molecule has 8 aromatic heterocycles. The van der Waals surface area contributed by atoms with Crippen LogP contribution in [0.2, 0.25) is 0 Å². The molecule has 0 unspecified atom stereocenters. The van der Waals surface area contributed by atoms with Gasteiger partial charge in [0.25, 0.3) is 22.2 Å². The fraction of sp³-hybridized carbons (Fsp3) is 0.619. The van der Waals surface area contributed by atoms with Crippen LogP contribution in [0.3, 0.4) is 0 Å². The van der Waals surface area contributed by atoms with Crippen molar-refractivity contribution < 1.29 is 64.5 Å². The number of aliphatic hydroxyl groups excluding tert-OH is 5. The van der Waals surface area contributed by atoms with Gasteiger partial charge >= 0.3 is 0 Å². The molecule has 0 aliphatic carbocycles. The number of aliphatic hydroxyl groups is 8. The molecule has 550 valence electrons. The zero-order chi connectivity index (χ0) is 73.7. The van der Waals surface area contributed by atoms with E-state index in [4.69, 9.17) is 23.7 Å². The molecule has 13 heterocycles. The highest BCUT2D eigenvalue weighted by Crippen LogP contribution is 2.51. The van der Waals surface area contributed by atoms with Gasteiger partial charge in [0.15, 0.2) is 69.6 Å². The Morgan fingerprint density at radius 3 is 1.27 bits per heavy atom. The van der Waals surface area contributed by atoms with Gasteiger partial charge in [-0.3, -0.25) is 37.4 Å². The Bertz CT molecular complexity index is 4580. The average Bonchev–Trinajstić information content (AvgIpc) is 1.58. The highest BCUT2D eigenvalue weighted by molar-refractivity contribution is 7.73. The van der Waals surface area contributed by atoms with E-state index in [0.717, 1.165) is 24.6 Å². The molecule has 5 aliphatic rings. The Labute approximate surface area is 575 Å². The third-order valence-electron chi connectivity index (χ3n) is 18.5. The summed E-state index contributed by atoms with van der Waals surface area (Å²) in [5.41, 5.74) is -2.64. The average molecular weight is 1470 g/mol. The second-order valence-electron chi connectivity index (χ2n) is 30.1. The van der Waals surface area contributed by atoms with Crippen molar-refractivity contribution in [2.24, 2.45) is 0 Å². The molecule has 2 bridgehead atoms. The number of aromatic nitrogens is 16. The highest BCUT2D eigenvalue weighted by atomic mass is 31.2. The van der Waals surface area contributed by atoms with Gasteiger partial charge in [-0.2, -0.15) is 0 Å². The quantitative estimate of drug-likeness (QED) is 0.0476. The standard InChI is InChI=1S/C16H23N4O4P.2C16H25N4O4P.C15H23N4O5P/c1-9-18-13-10(14(22)19-9)17-8-20(13)15-11-12(21)16(24-15,7-23-11)5-6-25(2,3)4;1-9-18-13-10(14(23)19-9)17-8-20(13)15-11(21)12(22)16(2,24-15)6-7-25(3,4)5;1-9-18-13-11(14(22)19-9)17-8-20(13)15-16(2,23)12(21)10(24-15)6-7-25(3,4)5;1-8-17-12-10(13(21)18-8)16-7-19(12)14-15(22,23)11(20)9(24-14)5-6-25(2,3)4/h8,11-12,15,21H,2,5-7H2,1,3-4H3,(H,18,19,22);8,11-12,15,21-22H,3,6-7H2,1-2,4-5H3,(H,18,19,23);8,10,12,15,21,23H,3,6-7H2,1-2,4-5H3,(H,18,19,22);7,9,11,14,20,22-23H,2,5-6H2,1,3-4H3,(H,17,18,21)/t11-,12+,15-,16+;11-,12+,15-,16-;10-,12-,15-,16-;9-,11-,14-/m1111/s1. The summed E-state index contributed by atoms with van der Waals surface area (Å²) in [6, 6.07) is 0. The minimum absolute atomic E-state index is 0.0627. The second-order valence-corrected chi connectivity index (χ2v) is 47.4.